The molecule has 0 fully saturated rings. The SMILES string of the molecule is O=C(O)Cc1cc(CCl)c(C(F)F)nc1OC(F)(F)F. The van der Waals surface area contributed by atoms with Gasteiger partial charge in [-0.2, -0.15) is 0 Å². The number of alkyl halides is 6. The minimum Gasteiger partial charge on any atom is -0.481 e. The Morgan fingerprint density at radius 3 is 2.40 bits per heavy atom. The summed E-state index contributed by atoms with van der Waals surface area (Å²) in [6.45, 7) is 0. The van der Waals surface area contributed by atoms with Gasteiger partial charge in [-0.05, 0) is 11.6 Å². The van der Waals surface area contributed by atoms with Crippen LogP contribution in [0.15, 0.2) is 6.07 Å². The van der Waals surface area contributed by atoms with E-state index in [1.807, 2.05) is 0 Å². The van der Waals surface area contributed by atoms with E-state index < -0.39 is 48.2 Å². The van der Waals surface area contributed by atoms with E-state index in [2.05, 4.69) is 9.72 Å². The second-order valence-electron chi connectivity index (χ2n) is 3.55. The van der Waals surface area contributed by atoms with Gasteiger partial charge in [0.1, 0.15) is 5.69 Å². The van der Waals surface area contributed by atoms with Crippen molar-refractivity contribution in [2.24, 2.45) is 0 Å². The molecule has 1 rings (SSSR count). The van der Waals surface area contributed by atoms with Crippen LogP contribution < -0.4 is 4.74 Å². The summed E-state index contributed by atoms with van der Waals surface area (Å²) in [5.41, 5.74) is -1.73. The molecule has 1 N–H and O–H groups in total. The Balaban J connectivity index is 3.35. The second kappa shape index (κ2) is 6.21. The predicted molar refractivity (Wildman–Crippen MR) is 56.8 cm³/mol. The Hall–Kier alpha value is -1.64. The van der Waals surface area contributed by atoms with Crippen molar-refractivity contribution in [1.29, 1.82) is 0 Å². The predicted octanol–water partition coefficient (Wildman–Crippen LogP) is 3.28. The third kappa shape index (κ3) is 4.48. The zero-order valence-corrected chi connectivity index (χ0v) is 10.3. The molecule has 0 atom stereocenters. The van der Waals surface area contributed by atoms with Crippen LogP contribution in [-0.4, -0.2) is 22.4 Å². The van der Waals surface area contributed by atoms with Gasteiger partial charge >= 0.3 is 12.3 Å². The maximum absolute atomic E-state index is 12.6. The number of carbonyl (C=O) groups is 1. The molecule has 0 aliphatic rings. The number of aromatic nitrogens is 1. The number of halogens is 6. The average molecular weight is 320 g/mol. The smallest absolute Gasteiger partial charge is 0.481 e. The van der Waals surface area contributed by atoms with Crippen molar-refractivity contribution in [3.05, 3.63) is 22.9 Å². The number of carboxylic acid groups (broad SMARTS) is 1. The quantitative estimate of drug-likeness (QED) is 0.668. The van der Waals surface area contributed by atoms with E-state index in [9.17, 15) is 26.7 Å². The fraction of sp³-hybridized carbons (Fsp3) is 0.400. The summed E-state index contributed by atoms with van der Waals surface area (Å²) in [5.74, 6) is -3.14. The Morgan fingerprint density at radius 1 is 1.40 bits per heavy atom. The molecule has 1 heterocycles. The van der Waals surface area contributed by atoms with Gasteiger partial charge in [-0.1, -0.05) is 0 Å². The van der Waals surface area contributed by atoms with Crippen LogP contribution >= 0.6 is 11.6 Å². The Bertz CT molecular complexity index is 506. The molecule has 0 saturated heterocycles. The first-order valence-electron chi connectivity index (χ1n) is 4.98. The zero-order chi connectivity index (χ0) is 15.5. The minimum absolute atomic E-state index is 0.257. The van der Waals surface area contributed by atoms with Gasteiger partial charge in [0.15, 0.2) is 0 Å². The largest absolute Gasteiger partial charge is 0.574 e. The van der Waals surface area contributed by atoms with E-state index in [4.69, 9.17) is 16.7 Å². The van der Waals surface area contributed by atoms with Crippen LogP contribution in [0.4, 0.5) is 22.0 Å². The summed E-state index contributed by atoms with van der Waals surface area (Å²) in [6, 6.07) is 0.816. The van der Waals surface area contributed by atoms with Gasteiger partial charge in [-0.3, -0.25) is 4.79 Å². The molecule has 0 bridgehead atoms. The molecule has 0 aliphatic carbocycles. The Labute approximate surface area is 114 Å². The number of aliphatic carboxylic acids is 1. The highest BCUT2D eigenvalue weighted by molar-refractivity contribution is 6.17. The van der Waals surface area contributed by atoms with Gasteiger partial charge in [0, 0.05) is 11.4 Å². The van der Waals surface area contributed by atoms with Crippen molar-refractivity contribution < 1.29 is 36.6 Å². The highest BCUT2D eigenvalue weighted by atomic mass is 35.5. The van der Waals surface area contributed by atoms with Gasteiger partial charge in [0.25, 0.3) is 6.43 Å². The van der Waals surface area contributed by atoms with E-state index in [1.54, 1.807) is 0 Å². The van der Waals surface area contributed by atoms with Gasteiger partial charge < -0.3 is 9.84 Å². The van der Waals surface area contributed by atoms with Crippen molar-refractivity contribution in [2.45, 2.75) is 25.1 Å². The molecule has 1 aromatic heterocycles. The number of carboxylic acids is 1. The van der Waals surface area contributed by atoms with E-state index in [1.165, 1.54) is 0 Å². The number of pyridine rings is 1. The average Bonchev–Trinajstić information content (AvgIpc) is 2.27. The van der Waals surface area contributed by atoms with Crippen molar-refractivity contribution >= 4 is 17.6 Å². The lowest BCUT2D eigenvalue weighted by molar-refractivity contribution is -0.276. The van der Waals surface area contributed by atoms with E-state index in [0.29, 0.717) is 0 Å². The third-order valence-electron chi connectivity index (χ3n) is 2.08. The third-order valence-corrected chi connectivity index (χ3v) is 2.37. The topological polar surface area (TPSA) is 59.4 Å². The molecule has 10 heteroatoms. The van der Waals surface area contributed by atoms with Gasteiger partial charge in [0.2, 0.25) is 5.88 Å². The molecule has 4 nitrogen and oxygen atoms in total. The molecule has 0 radical (unpaired) electrons. The first-order chi connectivity index (χ1) is 9.14. The van der Waals surface area contributed by atoms with E-state index >= 15 is 0 Å². The molecule has 1 aromatic rings. The van der Waals surface area contributed by atoms with E-state index in [0.717, 1.165) is 6.07 Å². The monoisotopic (exact) mass is 319 g/mol. The lowest BCUT2D eigenvalue weighted by atomic mass is 10.1. The van der Waals surface area contributed by atoms with Crippen LogP contribution in [0.3, 0.4) is 0 Å². The van der Waals surface area contributed by atoms with Crippen LogP contribution in [0.1, 0.15) is 23.2 Å². The molecule has 0 amide bonds. The van der Waals surface area contributed by atoms with Crippen LogP contribution in [0, 0.1) is 0 Å². The summed E-state index contributed by atoms with van der Waals surface area (Å²) < 4.78 is 65.2. The fourth-order valence-corrected chi connectivity index (χ4v) is 1.60. The maximum atomic E-state index is 12.6. The van der Waals surface area contributed by atoms with Gasteiger partial charge in [0.05, 0.1) is 6.42 Å². The summed E-state index contributed by atoms with van der Waals surface area (Å²) in [7, 11) is 0. The first kappa shape index (κ1) is 16.4. The standard InChI is InChI=1S/C10H7ClF5NO3/c11-3-5-1-4(2-6(18)19)9(20-10(14,15)16)17-7(5)8(12)13/h1,8H,2-3H2,(H,18,19). The first-order valence-corrected chi connectivity index (χ1v) is 5.52. The Morgan fingerprint density at radius 2 is 2.00 bits per heavy atom. The van der Waals surface area contributed by atoms with E-state index in [-0.39, 0.29) is 5.56 Å². The van der Waals surface area contributed by atoms with Crippen molar-refractivity contribution in [3.8, 4) is 5.88 Å². The lowest BCUT2D eigenvalue weighted by Gasteiger charge is -2.15. The van der Waals surface area contributed by atoms with Crippen molar-refractivity contribution in [3.63, 3.8) is 0 Å². The molecule has 0 aliphatic heterocycles. The van der Waals surface area contributed by atoms with Crippen molar-refractivity contribution in [2.75, 3.05) is 0 Å². The van der Waals surface area contributed by atoms with Gasteiger partial charge in [-0.15, -0.1) is 24.8 Å². The molecule has 0 unspecified atom stereocenters. The molecule has 0 saturated carbocycles. The number of nitrogens with zero attached hydrogens (tertiary/aromatic N) is 1. The molecule has 0 aromatic carbocycles. The minimum atomic E-state index is -5.18. The number of ether oxygens (including phenoxy) is 1. The number of rotatable bonds is 5. The molecular formula is C10H7ClF5NO3. The van der Waals surface area contributed by atoms with Gasteiger partial charge in [-0.25, -0.2) is 13.8 Å². The summed E-state index contributed by atoms with van der Waals surface area (Å²) >= 11 is 5.39. The highest BCUT2D eigenvalue weighted by Crippen LogP contribution is 2.31. The van der Waals surface area contributed by atoms with Crippen LogP contribution in [0.25, 0.3) is 0 Å². The maximum Gasteiger partial charge on any atom is 0.574 e. The highest BCUT2D eigenvalue weighted by Gasteiger charge is 2.34. The van der Waals surface area contributed by atoms with Crippen LogP contribution in [0.2, 0.25) is 0 Å². The number of hydrogen-bond acceptors (Lipinski definition) is 3. The van der Waals surface area contributed by atoms with Crippen LogP contribution in [-0.2, 0) is 17.1 Å². The van der Waals surface area contributed by atoms with Crippen LogP contribution in [0.5, 0.6) is 5.88 Å². The summed E-state index contributed by atoms with van der Waals surface area (Å²) in [6.07, 6.45) is -9.22. The molecular weight excluding hydrogens is 313 g/mol. The van der Waals surface area contributed by atoms with Crippen molar-refractivity contribution in [1.82, 2.24) is 4.98 Å². The summed E-state index contributed by atoms with van der Waals surface area (Å²) in [4.78, 5) is 13.6. The second-order valence-corrected chi connectivity index (χ2v) is 3.82. The molecule has 112 valence electrons. The zero-order valence-electron chi connectivity index (χ0n) is 9.55. The molecule has 20 heavy (non-hydrogen) atoms. The lowest BCUT2D eigenvalue weighted by Crippen LogP contribution is -2.20. The molecule has 0 spiro atoms. The summed E-state index contributed by atoms with van der Waals surface area (Å²) in [5, 5.41) is 8.59. The Kier molecular flexibility index (Phi) is 5.09. The number of hydrogen-bond donors (Lipinski definition) is 1. The fourth-order valence-electron chi connectivity index (χ4n) is 1.38. The normalized spacial score (nSPS) is 11.8.